The maximum Gasteiger partial charge on any atom is 0.242 e. The number of nitrogens with one attached hydrogen (secondary N) is 1. The second-order valence-electron chi connectivity index (χ2n) is 7.95. The first-order valence-corrected chi connectivity index (χ1v) is 13.4. The van der Waals surface area contributed by atoms with Crippen LogP contribution in [0.15, 0.2) is 77.7 Å². The number of likely N-dealkylation sites (N-methyl/N-ethyl adjacent to an activating group) is 1. The van der Waals surface area contributed by atoms with Gasteiger partial charge in [0.05, 0.1) is 0 Å². The van der Waals surface area contributed by atoms with Gasteiger partial charge >= 0.3 is 0 Å². The zero-order valence-corrected chi connectivity index (χ0v) is 22.4. The number of hydrogen-bond acceptors (Lipinski definition) is 3. The molecule has 0 fully saturated rings. The summed E-state index contributed by atoms with van der Waals surface area (Å²) in [7, 11) is 1.58. The van der Waals surface area contributed by atoms with Crippen molar-refractivity contribution in [3.63, 3.8) is 0 Å². The molecule has 3 aromatic rings. The monoisotopic (exact) mass is 548 g/mol. The van der Waals surface area contributed by atoms with Gasteiger partial charge < -0.3 is 10.2 Å². The Bertz CT molecular complexity index is 1110. The summed E-state index contributed by atoms with van der Waals surface area (Å²) < 4.78 is 0. The van der Waals surface area contributed by atoms with E-state index >= 15 is 0 Å². The summed E-state index contributed by atoms with van der Waals surface area (Å²) in [5.41, 5.74) is 1.59. The van der Waals surface area contributed by atoms with Crippen LogP contribution in [0.2, 0.25) is 15.1 Å². The predicted octanol–water partition coefficient (Wildman–Crippen LogP) is 6.91. The number of carbonyl (C=O) groups excluding carboxylic acids is 2. The molecule has 0 aliphatic heterocycles. The highest BCUT2D eigenvalue weighted by atomic mass is 35.5. The van der Waals surface area contributed by atoms with Gasteiger partial charge in [-0.05, 0) is 54.1 Å². The van der Waals surface area contributed by atoms with Gasteiger partial charge in [0.1, 0.15) is 6.04 Å². The van der Waals surface area contributed by atoms with Crippen LogP contribution in [-0.4, -0.2) is 35.6 Å². The number of nitrogens with zero attached hydrogens (tertiary/aromatic N) is 1. The maximum atomic E-state index is 13.5. The molecule has 0 aliphatic rings. The van der Waals surface area contributed by atoms with E-state index in [4.69, 9.17) is 34.8 Å². The number of amides is 2. The van der Waals surface area contributed by atoms with E-state index in [-0.39, 0.29) is 18.4 Å². The van der Waals surface area contributed by atoms with E-state index < -0.39 is 6.04 Å². The Balaban J connectivity index is 1.79. The highest BCUT2D eigenvalue weighted by Gasteiger charge is 2.30. The number of hydrogen-bond donors (Lipinski definition) is 1. The molecule has 0 aromatic heterocycles. The minimum atomic E-state index is -0.703. The van der Waals surface area contributed by atoms with Gasteiger partial charge in [0.2, 0.25) is 11.8 Å². The molecule has 0 heterocycles. The molecule has 0 unspecified atom stereocenters. The smallest absolute Gasteiger partial charge is 0.242 e. The fourth-order valence-electron chi connectivity index (χ4n) is 3.66. The lowest BCUT2D eigenvalue weighted by Crippen LogP contribution is -2.49. The van der Waals surface area contributed by atoms with Crippen molar-refractivity contribution in [1.29, 1.82) is 0 Å². The van der Waals surface area contributed by atoms with Crippen molar-refractivity contribution in [2.24, 2.45) is 0 Å². The second kappa shape index (κ2) is 13.8. The Kier molecular flexibility index (Phi) is 10.8. The van der Waals surface area contributed by atoms with E-state index in [1.165, 1.54) is 0 Å². The van der Waals surface area contributed by atoms with Gasteiger partial charge in [-0.15, -0.1) is 11.8 Å². The highest BCUT2D eigenvalue weighted by molar-refractivity contribution is 7.99. The quantitative estimate of drug-likeness (QED) is 0.209. The molecular formula is C27H27Cl3N2O2S. The molecule has 3 aromatic carbocycles. The van der Waals surface area contributed by atoms with Gasteiger partial charge in [-0.1, -0.05) is 71.2 Å². The third kappa shape index (κ3) is 8.18. The molecule has 35 heavy (non-hydrogen) atoms. The number of halogens is 3. The summed E-state index contributed by atoms with van der Waals surface area (Å²) >= 11 is 20.5. The zero-order chi connectivity index (χ0) is 25.2. The molecule has 3 rings (SSSR count). The molecule has 0 bridgehead atoms. The predicted molar refractivity (Wildman–Crippen MR) is 146 cm³/mol. The molecule has 2 amide bonds. The standard InChI is InChI=1S/C27H27Cl3N2O2S/c1-31-27(34)25(17-19-7-3-2-4-8-19)32(18-22-23(29)9-5-10-24(22)30)26(33)11-6-16-35-21-14-12-20(28)13-15-21/h2-5,7-10,12-15,25H,6,11,16-18H2,1H3,(H,31,34)/t25-/m0/s1. The molecule has 1 atom stereocenters. The summed E-state index contributed by atoms with van der Waals surface area (Å²) in [4.78, 5) is 29.2. The number of thioether (sulfide) groups is 1. The van der Waals surface area contributed by atoms with Crippen LogP contribution in [0, 0.1) is 0 Å². The average molecular weight is 550 g/mol. The van der Waals surface area contributed by atoms with Crippen LogP contribution >= 0.6 is 46.6 Å². The minimum Gasteiger partial charge on any atom is -0.357 e. The van der Waals surface area contributed by atoms with Crippen LogP contribution in [-0.2, 0) is 22.6 Å². The molecule has 0 saturated carbocycles. The molecule has 1 N–H and O–H groups in total. The Labute approximate surface area is 225 Å². The van der Waals surface area contributed by atoms with E-state index in [0.29, 0.717) is 39.9 Å². The van der Waals surface area contributed by atoms with E-state index in [9.17, 15) is 9.59 Å². The van der Waals surface area contributed by atoms with Crippen molar-refractivity contribution < 1.29 is 9.59 Å². The van der Waals surface area contributed by atoms with Crippen LogP contribution in [0.4, 0.5) is 0 Å². The van der Waals surface area contributed by atoms with Gasteiger partial charge in [0.25, 0.3) is 0 Å². The lowest BCUT2D eigenvalue weighted by Gasteiger charge is -2.31. The maximum absolute atomic E-state index is 13.5. The third-order valence-electron chi connectivity index (χ3n) is 5.52. The molecule has 8 heteroatoms. The van der Waals surface area contributed by atoms with Crippen LogP contribution in [0.3, 0.4) is 0 Å². The summed E-state index contributed by atoms with van der Waals surface area (Å²) in [6.45, 7) is 0.145. The van der Waals surface area contributed by atoms with E-state index in [2.05, 4.69) is 5.32 Å². The molecule has 0 aliphatic carbocycles. The molecule has 0 spiro atoms. The van der Waals surface area contributed by atoms with E-state index in [1.807, 2.05) is 54.6 Å². The largest absolute Gasteiger partial charge is 0.357 e. The first-order valence-electron chi connectivity index (χ1n) is 11.2. The van der Waals surface area contributed by atoms with E-state index in [1.54, 1.807) is 41.9 Å². The van der Waals surface area contributed by atoms with Crippen molar-refractivity contribution in [2.75, 3.05) is 12.8 Å². The fraction of sp³-hybridized carbons (Fsp3) is 0.259. The van der Waals surface area contributed by atoms with E-state index in [0.717, 1.165) is 16.2 Å². The number of carbonyl (C=O) groups is 2. The highest BCUT2D eigenvalue weighted by Crippen LogP contribution is 2.28. The van der Waals surface area contributed by atoms with Crippen molar-refractivity contribution in [3.05, 3.63) is 99.0 Å². The van der Waals surface area contributed by atoms with Gasteiger partial charge in [-0.25, -0.2) is 0 Å². The van der Waals surface area contributed by atoms with Crippen molar-refractivity contribution >= 4 is 58.4 Å². The molecule has 0 radical (unpaired) electrons. The van der Waals surface area contributed by atoms with Gasteiger partial charge in [-0.2, -0.15) is 0 Å². The molecule has 4 nitrogen and oxygen atoms in total. The van der Waals surface area contributed by atoms with Crippen LogP contribution in [0.1, 0.15) is 24.0 Å². The van der Waals surface area contributed by atoms with Gasteiger partial charge in [0.15, 0.2) is 0 Å². The van der Waals surface area contributed by atoms with Crippen molar-refractivity contribution in [1.82, 2.24) is 10.2 Å². The Morgan fingerprint density at radius 1 is 0.914 bits per heavy atom. The number of benzene rings is 3. The number of rotatable bonds is 11. The SMILES string of the molecule is CNC(=O)[C@H](Cc1ccccc1)N(Cc1c(Cl)cccc1Cl)C(=O)CCCSc1ccc(Cl)cc1. The van der Waals surface area contributed by atoms with Crippen LogP contribution in [0.5, 0.6) is 0 Å². The lowest BCUT2D eigenvalue weighted by atomic mass is 10.0. The van der Waals surface area contributed by atoms with Crippen LogP contribution < -0.4 is 5.32 Å². The summed E-state index contributed by atoms with van der Waals surface area (Å²) in [5, 5.41) is 4.33. The third-order valence-corrected chi connectivity index (χ3v) is 7.58. The van der Waals surface area contributed by atoms with Crippen molar-refractivity contribution in [2.45, 2.75) is 36.7 Å². The molecule has 0 saturated heterocycles. The summed E-state index contributed by atoms with van der Waals surface area (Å²) in [6.07, 6.45) is 1.34. The lowest BCUT2D eigenvalue weighted by molar-refractivity contribution is -0.141. The second-order valence-corrected chi connectivity index (χ2v) is 10.4. The topological polar surface area (TPSA) is 49.4 Å². The Hall–Kier alpha value is -2.18. The molecular weight excluding hydrogens is 523 g/mol. The van der Waals surface area contributed by atoms with Gasteiger partial charge in [-0.3, -0.25) is 9.59 Å². The fourth-order valence-corrected chi connectivity index (χ4v) is 5.16. The van der Waals surface area contributed by atoms with Gasteiger partial charge in [0, 0.05) is 52.0 Å². The average Bonchev–Trinajstić information content (AvgIpc) is 2.86. The normalized spacial score (nSPS) is 11.7. The summed E-state index contributed by atoms with van der Waals surface area (Å²) in [5.74, 6) is 0.403. The zero-order valence-electron chi connectivity index (χ0n) is 19.3. The Morgan fingerprint density at radius 2 is 1.57 bits per heavy atom. The molecule has 184 valence electrons. The first-order chi connectivity index (χ1) is 16.9. The Morgan fingerprint density at radius 3 is 2.20 bits per heavy atom. The summed E-state index contributed by atoms with van der Waals surface area (Å²) in [6, 6.07) is 21.8. The van der Waals surface area contributed by atoms with Crippen LogP contribution in [0.25, 0.3) is 0 Å². The van der Waals surface area contributed by atoms with Crippen molar-refractivity contribution in [3.8, 4) is 0 Å². The minimum absolute atomic E-state index is 0.123. The first kappa shape index (κ1) is 27.4.